The number of hydrogen-bond donors (Lipinski definition) is 1. The summed E-state index contributed by atoms with van der Waals surface area (Å²) >= 11 is 6.25. The van der Waals surface area contributed by atoms with Gasteiger partial charge >= 0.3 is 0 Å². The molecule has 2 amide bonds. The Labute approximate surface area is 208 Å². The van der Waals surface area contributed by atoms with E-state index in [1.54, 1.807) is 19.1 Å². The molecule has 178 valence electrons. The summed E-state index contributed by atoms with van der Waals surface area (Å²) < 4.78 is 28.7. The molecule has 4 rings (SSSR count). The summed E-state index contributed by atoms with van der Waals surface area (Å²) in [5.41, 5.74) is 0.873. The van der Waals surface area contributed by atoms with Gasteiger partial charge in [-0.05, 0) is 53.8 Å². The summed E-state index contributed by atoms with van der Waals surface area (Å²) in [5.74, 6) is -1.58. The van der Waals surface area contributed by atoms with E-state index in [4.69, 9.17) is 11.6 Å². The number of carbonyl (C=O) groups excluding carboxylic acids is 2. The quantitative estimate of drug-likeness (QED) is 0.505. The van der Waals surface area contributed by atoms with E-state index in [9.17, 15) is 23.3 Å². The molecule has 3 aromatic rings. The van der Waals surface area contributed by atoms with Gasteiger partial charge in [-0.1, -0.05) is 44.5 Å². The van der Waals surface area contributed by atoms with Crippen molar-refractivity contribution in [3.63, 3.8) is 0 Å². The number of nitriles is 1. The predicted molar refractivity (Wildman–Crippen MR) is 132 cm³/mol. The van der Waals surface area contributed by atoms with E-state index in [1.165, 1.54) is 36.5 Å². The van der Waals surface area contributed by atoms with Crippen LogP contribution in [0.1, 0.15) is 58.3 Å². The molecule has 0 bridgehead atoms. The number of benzene rings is 2. The number of hydrogen-bond acceptors (Lipinski definition) is 6. The van der Waals surface area contributed by atoms with Crippen LogP contribution in [-0.2, 0) is 15.4 Å². The maximum absolute atomic E-state index is 13.4. The maximum atomic E-state index is 13.4. The molecule has 0 unspecified atom stereocenters. The fraction of sp³-hybridized carbons (Fsp3) is 0.200. The number of nitrogens with zero attached hydrogens (tertiary/aromatic N) is 3. The normalized spacial score (nSPS) is 13.5. The molecule has 0 radical (unpaired) electrons. The Morgan fingerprint density at radius 1 is 1.03 bits per heavy atom. The molecular weight excluding hydrogens is 488 g/mol. The lowest BCUT2D eigenvalue weighted by Crippen LogP contribution is -2.30. The smallest absolute Gasteiger partial charge is 0.268 e. The van der Waals surface area contributed by atoms with Gasteiger partial charge in [-0.2, -0.15) is 5.26 Å². The maximum Gasteiger partial charge on any atom is 0.268 e. The molecule has 0 spiro atoms. The Kier molecular flexibility index (Phi) is 5.91. The number of rotatable bonds is 4. The van der Waals surface area contributed by atoms with Crippen molar-refractivity contribution in [2.45, 2.75) is 38.0 Å². The summed E-state index contributed by atoms with van der Waals surface area (Å²) in [7, 11) is -4.09. The first kappa shape index (κ1) is 24.4. The van der Waals surface area contributed by atoms with Crippen molar-refractivity contribution < 1.29 is 18.0 Å². The van der Waals surface area contributed by atoms with Gasteiger partial charge in [-0.3, -0.25) is 14.3 Å². The zero-order valence-electron chi connectivity index (χ0n) is 19.4. The molecular formula is C25H21ClN4O4S. The predicted octanol–water partition coefficient (Wildman–Crippen LogP) is 4.81. The largest absolute Gasteiger partial charge is 0.279 e. The second-order valence-corrected chi connectivity index (χ2v) is 11.3. The number of sulfonamides is 1. The monoisotopic (exact) mass is 508 g/mol. The number of fused-ring (bicyclic) bond motifs is 1. The number of halogens is 1. The number of anilines is 2. The molecule has 0 aliphatic carbocycles. The summed E-state index contributed by atoms with van der Waals surface area (Å²) in [6, 6.07) is 12.4. The minimum Gasteiger partial charge on any atom is -0.279 e. The average Bonchev–Trinajstić information content (AvgIpc) is 3.06. The van der Waals surface area contributed by atoms with Gasteiger partial charge in [-0.25, -0.2) is 18.3 Å². The Bertz CT molecular complexity index is 1540. The number of amides is 2. The molecule has 1 aliphatic heterocycles. The first-order valence-corrected chi connectivity index (χ1v) is 12.4. The van der Waals surface area contributed by atoms with Crippen LogP contribution in [0.15, 0.2) is 53.6 Å². The van der Waals surface area contributed by atoms with Crippen molar-refractivity contribution in [1.82, 2.24) is 4.98 Å². The lowest BCUT2D eigenvalue weighted by molar-refractivity contribution is 0.0926. The number of nitrogens with one attached hydrogen (secondary N) is 1. The Morgan fingerprint density at radius 3 is 2.26 bits per heavy atom. The van der Waals surface area contributed by atoms with Crippen molar-refractivity contribution >= 4 is 44.8 Å². The molecule has 1 aliphatic rings. The number of pyridine rings is 1. The molecule has 0 fully saturated rings. The van der Waals surface area contributed by atoms with Crippen molar-refractivity contribution in [1.29, 1.82) is 5.26 Å². The van der Waals surface area contributed by atoms with E-state index in [-0.39, 0.29) is 43.5 Å². The van der Waals surface area contributed by atoms with Gasteiger partial charge in [0.2, 0.25) is 0 Å². The molecule has 2 aromatic carbocycles. The van der Waals surface area contributed by atoms with Crippen LogP contribution in [0, 0.1) is 18.3 Å². The summed E-state index contributed by atoms with van der Waals surface area (Å²) in [6.07, 6.45) is 1.44. The van der Waals surface area contributed by atoms with E-state index < -0.39 is 21.8 Å². The second-order valence-electron chi connectivity index (χ2n) is 9.16. The molecule has 10 heteroatoms. The van der Waals surface area contributed by atoms with Crippen LogP contribution in [0.5, 0.6) is 0 Å². The van der Waals surface area contributed by atoms with Gasteiger partial charge in [0.15, 0.2) is 5.69 Å². The van der Waals surface area contributed by atoms with Gasteiger partial charge in [0.25, 0.3) is 21.8 Å². The lowest BCUT2D eigenvalue weighted by Gasteiger charge is -2.19. The third kappa shape index (κ3) is 4.27. The van der Waals surface area contributed by atoms with Crippen molar-refractivity contribution in [3.8, 4) is 6.07 Å². The molecule has 1 aromatic heterocycles. The van der Waals surface area contributed by atoms with Crippen molar-refractivity contribution in [2.24, 2.45) is 0 Å². The highest BCUT2D eigenvalue weighted by Crippen LogP contribution is 2.38. The first-order chi connectivity index (χ1) is 16.3. The van der Waals surface area contributed by atoms with Crippen LogP contribution in [0.3, 0.4) is 0 Å². The minimum atomic E-state index is -4.09. The molecule has 1 N–H and O–H groups in total. The zero-order valence-corrected chi connectivity index (χ0v) is 21.0. The summed E-state index contributed by atoms with van der Waals surface area (Å²) in [5, 5.41) is 9.42. The Hall–Kier alpha value is -3.74. The molecule has 35 heavy (non-hydrogen) atoms. The first-order valence-electron chi connectivity index (χ1n) is 10.6. The third-order valence-corrected chi connectivity index (χ3v) is 7.31. The van der Waals surface area contributed by atoms with E-state index >= 15 is 0 Å². The van der Waals surface area contributed by atoms with E-state index in [0.717, 1.165) is 10.5 Å². The second kappa shape index (κ2) is 8.48. The summed E-state index contributed by atoms with van der Waals surface area (Å²) in [6.45, 7) is 7.75. The third-order valence-electron chi connectivity index (χ3n) is 5.61. The fourth-order valence-electron chi connectivity index (χ4n) is 3.78. The number of aromatic nitrogens is 1. The van der Waals surface area contributed by atoms with Crippen LogP contribution in [0.25, 0.3) is 0 Å². The minimum absolute atomic E-state index is 0.00124. The van der Waals surface area contributed by atoms with Gasteiger partial charge < -0.3 is 0 Å². The standard InChI is InChI=1S/C25H21ClN4O4S/c1-14-11-20(19(12-27)28-13-14)30-23(31)21-17(26)9-10-18(22(21)24(30)32)29-35(33,34)16-7-5-15(6-8-16)25(2,3)4/h5-11,13,29H,1-4H3. The van der Waals surface area contributed by atoms with Crippen LogP contribution >= 0.6 is 11.6 Å². The molecule has 0 atom stereocenters. The highest BCUT2D eigenvalue weighted by atomic mass is 35.5. The number of carbonyl (C=O) groups is 2. The summed E-state index contributed by atoms with van der Waals surface area (Å²) in [4.78, 5) is 31.4. The van der Waals surface area contributed by atoms with Gasteiger partial charge in [0.1, 0.15) is 6.07 Å². The van der Waals surface area contributed by atoms with Crippen LogP contribution in [-0.4, -0.2) is 25.2 Å². The SMILES string of the molecule is Cc1cnc(C#N)c(N2C(=O)c3c(Cl)ccc(NS(=O)(=O)c4ccc(C(C)(C)C)cc4)c3C2=O)c1. The van der Waals surface area contributed by atoms with Gasteiger partial charge in [0.05, 0.1) is 32.4 Å². The zero-order chi connectivity index (χ0) is 25.7. The van der Waals surface area contributed by atoms with Crippen LogP contribution in [0.2, 0.25) is 5.02 Å². The number of aryl methyl sites for hydroxylation is 1. The average molecular weight is 509 g/mol. The van der Waals surface area contributed by atoms with Crippen molar-refractivity contribution in [2.75, 3.05) is 9.62 Å². The fourth-order valence-corrected chi connectivity index (χ4v) is 5.09. The van der Waals surface area contributed by atoms with Gasteiger partial charge in [0, 0.05) is 6.20 Å². The van der Waals surface area contributed by atoms with E-state index in [2.05, 4.69) is 9.71 Å². The van der Waals surface area contributed by atoms with Crippen LogP contribution in [0.4, 0.5) is 11.4 Å². The molecule has 2 heterocycles. The highest BCUT2D eigenvalue weighted by molar-refractivity contribution is 7.92. The van der Waals surface area contributed by atoms with E-state index in [1.807, 2.05) is 26.8 Å². The lowest BCUT2D eigenvalue weighted by atomic mass is 9.87. The molecule has 8 nitrogen and oxygen atoms in total. The van der Waals surface area contributed by atoms with E-state index in [0.29, 0.717) is 5.56 Å². The Balaban J connectivity index is 1.78. The van der Waals surface area contributed by atoms with Crippen LogP contribution < -0.4 is 9.62 Å². The molecule has 0 saturated heterocycles. The molecule has 0 saturated carbocycles. The van der Waals surface area contributed by atoms with Gasteiger partial charge in [-0.15, -0.1) is 0 Å². The number of imide groups is 1. The van der Waals surface area contributed by atoms with Crippen molar-refractivity contribution in [3.05, 3.63) is 81.6 Å². The topological polar surface area (TPSA) is 120 Å². The Morgan fingerprint density at radius 2 is 1.66 bits per heavy atom. The highest BCUT2D eigenvalue weighted by Gasteiger charge is 2.42.